The first-order chi connectivity index (χ1) is 13.2. The zero-order valence-electron chi connectivity index (χ0n) is 15.9. The van der Waals surface area contributed by atoms with Gasteiger partial charge in [-0.1, -0.05) is 0 Å². The molecule has 2 aromatic rings. The van der Waals surface area contributed by atoms with Gasteiger partial charge in [0.1, 0.15) is 5.75 Å². The van der Waals surface area contributed by atoms with Crippen molar-refractivity contribution in [3.8, 4) is 17.1 Å². The molecular weight excluding hydrogens is 375 g/mol. The highest BCUT2D eigenvalue weighted by Crippen LogP contribution is 2.36. The molecule has 1 saturated heterocycles. The molecule has 0 bridgehead atoms. The number of anilines is 1. The van der Waals surface area contributed by atoms with E-state index >= 15 is 0 Å². The second-order valence-corrected chi connectivity index (χ2v) is 6.89. The lowest BCUT2D eigenvalue weighted by Crippen LogP contribution is -2.41. The number of hydrogen-bond donors (Lipinski definition) is 1. The molecule has 1 N–H and O–H groups in total. The summed E-state index contributed by atoms with van der Waals surface area (Å²) in [5, 5.41) is 11.2. The van der Waals surface area contributed by atoms with E-state index in [0.717, 1.165) is 38.1 Å². The van der Waals surface area contributed by atoms with Gasteiger partial charge in [0, 0.05) is 19.6 Å². The van der Waals surface area contributed by atoms with Crippen LogP contribution in [0.15, 0.2) is 23.0 Å². The van der Waals surface area contributed by atoms with Crippen LogP contribution >= 0.6 is 0 Å². The first-order valence-electron chi connectivity index (χ1n) is 8.85. The second kappa shape index (κ2) is 7.78. The maximum atomic E-state index is 12.9. The zero-order chi connectivity index (χ0) is 20.5. The average Bonchev–Trinajstić information content (AvgIpc) is 2.64. The molecule has 1 aromatic heterocycles. The summed E-state index contributed by atoms with van der Waals surface area (Å²) in [6.07, 6.45) is -2.56. The molecule has 0 radical (unpaired) electrons. The molecule has 7 nitrogen and oxygen atoms in total. The second-order valence-electron chi connectivity index (χ2n) is 6.89. The van der Waals surface area contributed by atoms with Crippen molar-refractivity contribution in [1.82, 2.24) is 19.7 Å². The summed E-state index contributed by atoms with van der Waals surface area (Å²) in [4.78, 5) is 14.9. The topological polar surface area (TPSA) is 72.3 Å². The van der Waals surface area contributed by atoms with Gasteiger partial charge in [0.2, 0.25) is 5.82 Å². The van der Waals surface area contributed by atoms with E-state index in [1.165, 1.54) is 24.8 Å². The highest BCUT2D eigenvalue weighted by atomic mass is 19.4. The Bertz CT molecular complexity index is 913. The van der Waals surface area contributed by atoms with Crippen molar-refractivity contribution >= 4 is 5.82 Å². The number of methoxy groups -OCH3 is 1. The van der Waals surface area contributed by atoms with E-state index in [1.807, 2.05) is 7.05 Å². The number of rotatable bonds is 4. The van der Waals surface area contributed by atoms with Gasteiger partial charge >= 0.3 is 6.18 Å². The molecule has 1 fully saturated rings. The monoisotopic (exact) mass is 397 g/mol. The number of benzene rings is 1. The zero-order valence-corrected chi connectivity index (χ0v) is 15.9. The van der Waals surface area contributed by atoms with Gasteiger partial charge in [-0.25, -0.2) is 0 Å². The van der Waals surface area contributed by atoms with Crippen molar-refractivity contribution in [2.24, 2.45) is 7.05 Å². The number of aromatic nitrogens is 3. The van der Waals surface area contributed by atoms with Crippen molar-refractivity contribution in [1.29, 1.82) is 0 Å². The van der Waals surface area contributed by atoms with Crippen molar-refractivity contribution in [3.63, 3.8) is 0 Å². The van der Waals surface area contributed by atoms with Gasteiger partial charge in [0.25, 0.3) is 5.56 Å². The fourth-order valence-electron chi connectivity index (χ4n) is 3.32. The predicted molar refractivity (Wildman–Crippen MR) is 98.4 cm³/mol. The maximum absolute atomic E-state index is 12.9. The van der Waals surface area contributed by atoms with Crippen molar-refractivity contribution in [2.45, 2.75) is 25.1 Å². The van der Waals surface area contributed by atoms with Gasteiger partial charge in [0.15, 0.2) is 5.82 Å². The molecule has 1 unspecified atom stereocenters. The maximum Gasteiger partial charge on any atom is 0.416 e. The summed E-state index contributed by atoms with van der Waals surface area (Å²) in [5.41, 5.74) is -0.988. The van der Waals surface area contributed by atoms with Gasteiger partial charge in [-0.15, -0.1) is 10.2 Å². The van der Waals surface area contributed by atoms with E-state index in [9.17, 15) is 18.0 Å². The van der Waals surface area contributed by atoms with Crippen LogP contribution in [0.5, 0.6) is 5.75 Å². The summed E-state index contributed by atoms with van der Waals surface area (Å²) in [7, 11) is 4.78. The van der Waals surface area contributed by atoms with Crippen LogP contribution in [0.25, 0.3) is 11.4 Å². The number of hydrogen-bond acceptors (Lipinski definition) is 6. The summed E-state index contributed by atoms with van der Waals surface area (Å²) < 4.78 is 45.1. The largest absolute Gasteiger partial charge is 0.496 e. The highest BCUT2D eigenvalue weighted by molar-refractivity contribution is 5.65. The van der Waals surface area contributed by atoms with Gasteiger partial charge in [-0.2, -0.15) is 13.2 Å². The minimum atomic E-state index is -4.50. The van der Waals surface area contributed by atoms with Crippen LogP contribution in [0, 0.1) is 0 Å². The van der Waals surface area contributed by atoms with Gasteiger partial charge in [0.05, 0.1) is 18.2 Å². The van der Waals surface area contributed by atoms with E-state index < -0.39 is 17.3 Å². The van der Waals surface area contributed by atoms with Crippen molar-refractivity contribution < 1.29 is 17.9 Å². The van der Waals surface area contributed by atoms with Crippen LogP contribution < -0.4 is 15.6 Å². The number of likely N-dealkylation sites (tertiary alicyclic amines) is 1. The molecule has 10 heteroatoms. The molecule has 0 spiro atoms. The molecular formula is C18H22F3N5O2. The Labute approximate surface area is 160 Å². The smallest absolute Gasteiger partial charge is 0.416 e. The fraction of sp³-hybridized carbons (Fsp3) is 0.500. The first-order valence-corrected chi connectivity index (χ1v) is 8.85. The Morgan fingerprint density at radius 3 is 2.64 bits per heavy atom. The normalized spacial score (nSPS) is 18.1. The van der Waals surface area contributed by atoms with Crippen LogP contribution in [0.3, 0.4) is 0 Å². The molecule has 152 valence electrons. The van der Waals surface area contributed by atoms with E-state index in [0.29, 0.717) is 0 Å². The number of likely N-dealkylation sites (N-methyl/N-ethyl adjacent to an activating group) is 1. The Morgan fingerprint density at radius 2 is 2.00 bits per heavy atom. The number of nitrogens with one attached hydrogen (secondary N) is 1. The number of ether oxygens (including phenoxy) is 1. The van der Waals surface area contributed by atoms with Crippen molar-refractivity contribution in [3.05, 3.63) is 34.1 Å². The minimum absolute atomic E-state index is 0.0336. The average molecular weight is 397 g/mol. The Morgan fingerprint density at radius 1 is 1.25 bits per heavy atom. The summed E-state index contributed by atoms with van der Waals surface area (Å²) in [6, 6.07) is 3.13. The van der Waals surface area contributed by atoms with Crippen LogP contribution in [0.2, 0.25) is 0 Å². The van der Waals surface area contributed by atoms with Crippen LogP contribution in [-0.4, -0.2) is 53.0 Å². The molecule has 0 aliphatic carbocycles. The number of halogens is 3. The number of alkyl halides is 3. The van der Waals surface area contributed by atoms with Crippen LogP contribution in [0.4, 0.5) is 19.0 Å². The molecule has 1 atom stereocenters. The fourth-order valence-corrected chi connectivity index (χ4v) is 3.32. The molecule has 2 heterocycles. The lowest BCUT2D eigenvalue weighted by atomic mass is 10.1. The first kappa shape index (κ1) is 20.1. The number of piperidine rings is 1. The summed E-state index contributed by atoms with van der Waals surface area (Å²) in [6.45, 7) is 1.80. The standard InChI is InChI=1S/C18H22F3N5O2/c1-25-8-4-5-12(10-25)22-15-17(27)26(2)16(24-23-15)13-7-6-11(18(19,20)21)9-14(13)28-3/h6-7,9,12H,4-5,8,10H2,1-3H3,(H,22,23). The minimum Gasteiger partial charge on any atom is -0.496 e. The van der Waals surface area contributed by atoms with Crippen molar-refractivity contribution in [2.75, 3.05) is 32.6 Å². The SMILES string of the molecule is COc1cc(C(F)(F)F)ccc1-c1nnc(NC2CCCN(C)C2)c(=O)n1C. The summed E-state index contributed by atoms with van der Waals surface area (Å²) >= 11 is 0. The quantitative estimate of drug-likeness (QED) is 0.854. The van der Waals surface area contributed by atoms with Crippen LogP contribution in [0.1, 0.15) is 18.4 Å². The molecule has 1 aliphatic rings. The third-order valence-corrected chi connectivity index (χ3v) is 4.80. The van der Waals surface area contributed by atoms with E-state index in [1.54, 1.807) is 0 Å². The molecule has 0 amide bonds. The van der Waals surface area contributed by atoms with E-state index in [2.05, 4.69) is 20.4 Å². The van der Waals surface area contributed by atoms with E-state index in [4.69, 9.17) is 4.74 Å². The third-order valence-electron chi connectivity index (χ3n) is 4.80. The lowest BCUT2D eigenvalue weighted by molar-refractivity contribution is -0.137. The number of nitrogens with zero attached hydrogens (tertiary/aromatic N) is 4. The van der Waals surface area contributed by atoms with Crippen LogP contribution in [-0.2, 0) is 13.2 Å². The van der Waals surface area contributed by atoms with E-state index in [-0.39, 0.29) is 29.0 Å². The predicted octanol–water partition coefficient (Wildman–Crippen LogP) is 2.38. The Hall–Kier alpha value is -2.62. The van der Waals surface area contributed by atoms with Gasteiger partial charge in [-0.05, 0) is 44.6 Å². The summed E-state index contributed by atoms with van der Waals surface area (Å²) in [5.74, 6) is 0.216. The molecule has 0 saturated carbocycles. The molecule has 28 heavy (non-hydrogen) atoms. The van der Waals surface area contributed by atoms with Gasteiger partial charge < -0.3 is 15.0 Å². The molecule has 3 rings (SSSR count). The molecule has 1 aromatic carbocycles. The Kier molecular flexibility index (Phi) is 5.59. The lowest BCUT2D eigenvalue weighted by Gasteiger charge is -2.30. The highest BCUT2D eigenvalue weighted by Gasteiger charge is 2.32. The Balaban J connectivity index is 1.94. The molecule has 1 aliphatic heterocycles. The van der Waals surface area contributed by atoms with Gasteiger partial charge in [-0.3, -0.25) is 9.36 Å². The third kappa shape index (κ3) is 4.11.